The third kappa shape index (κ3) is 8.74. The SMILES string of the molecule is C=C1C=CC(=O)N1CCC(=O)CCCOCCOCCC(=O)C(C)C. The van der Waals surface area contributed by atoms with Crippen LogP contribution in [0.3, 0.4) is 0 Å². The maximum Gasteiger partial charge on any atom is 0.251 e. The number of hydrogen-bond donors (Lipinski definition) is 0. The molecule has 0 radical (unpaired) electrons. The van der Waals surface area contributed by atoms with Crippen LogP contribution < -0.4 is 0 Å². The van der Waals surface area contributed by atoms with Crippen molar-refractivity contribution in [1.29, 1.82) is 0 Å². The second kappa shape index (κ2) is 11.7. The third-order valence-electron chi connectivity index (χ3n) is 3.90. The van der Waals surface area contributed by atoms with Crippen molar-refractivity contribution in [2.75, 3.05) is 33.0 Å². The lowest BCUT2D eigenvalue weighted by molar-refractivity contribution is -0.124. The van der Waals surface area contributed by atoms with E-state index in [1.807, 2.05) is 13.8 Å². The van der Waals surface area contributed by atoms with Crippen molar-refractivity contribution in [3.05, 3.63) is 24.4 Å². The Hall–Kier alpha value is -1.79. The van der Waals surface area contributed by atoms with E-state index in [4.69, 9.17) is 9.47 Å². The van der Waals surface area contributed by atoms with Crippen LogP contribution in [0, 0.1) is 5.92 Å². The molecular weight excluding hydrogens is 322 g/mol. The van der Waals surface area contributed by atoms with Gasteiger partial charge in [-0.2, -0.15) is 0 Å². The highest BCUT2D eigenvalue weighted by Gasteiger charge is 2.18. The van der Waals surface area contributed by atoms with Crippen LogP contribution >= 0.6 is 0 Å². The van der Waals surface area contributed by atoms with Gasteiger partial charge < -0.3 is 14.4 Å². The van der Waals surface area contributed by atoms with E-state index in [-0.39, 0.29) is 23.4 Å². The molecule has 0 aromatic carbocycles. The van der Waals surface area contributed by atoms with Crippen molar-refractivity contribution >= 4 is 17.5 Å². The number of amides is 1. The van der Waals surface area contributed by atoms with Gasteiger partial charge in [0.2, 0.25) is 0 Å². The molecule has 0 unspecified atom stereocenters. The van der Waals surface area contributed by atoms with Gasteiger partial charge in [-0.1, -0.05) is 20.4 Å². The van der Waals surface area contributed by atoms with Crippen LogP contribution in [-0.4, -0.2) is 55.3 Å². The zero-order valence-electron chi connectivity index (χ0n) is 15.3. The van der Waals surface area contributed by atoms with Crippen LogP contribution in [0.5, 0.6) is 0 Å². The van der Waals surface area contributed by atoms with Gasteiger partial charge in [0.1, 0.15) is 11.6 Å². The first-order chi connectivity index (χ1) is 11.9. The van der Waals surface area contributed by atoms with Gasteiger partial charge in [-0.15, -0.1) is 0 Å². The lowest BCUT2D eigenvalue weighted by Gasteiger charge is -2.16. The van der Waals surface area contributed by atoms with Gasteiger partial charge in [0.05, 0.1) is 19.8 Å². The molecule has 1 aliphatic rings. The zero-order chi connectivity index (χ0) is 18.7. The van der Waals surface area contributed by atoms with Crippen molar-refractivity contribution in [1.82, 2.24) is 4.90 Å². The van der Waals surface area contributed by atoms with E-state index in [1.165, 1.54) is 11.0 Å². The van der Waals surface area contributed by atoms with E-state index in [1.54, 1.807) is 6.08 Å². The summed E-state index contributed by atoms with van der Waals surface area (Å²) in [6, 6.07) is 0. The number of nitrogens with zero attached hydrogens (tertiary/aromatic N) is 1. The predicted molar refractivity (Wildman–Crippen MR) is 95.0 cm³/mol. The maximum atomic E-state index is 11.8. The first-order valence-electron chi connectivity index (χ1n) is 8.80. The molecule has 0 aromatic heterocycles. The number of carbonyl (C=O) groups is 3. The Morgan fingerprint density at radius 3 is 2.32 bits per heavy atom. The van der Waals surface area contributed by atoms with Crippen LogP contribution in [0.15, 0.2) is 24.4 Å². The molecule has 0 spiro atoms. The molecule has 0 bridgehead atoms. The Balaban J connectivity index is 1.92. The highest BCUT2D eigenvalue weighted by molar-refractivity contribution is 5.93. The molecule has 0 saturated heterocycles. The fourth-order valence-electron chi connectivity index (χ4n) is 2.26. The van der Waals surface area contributed by atoms with Crippen LogP contribution in [0.1, 0.15) is 39.5 Å². The van der Waals surface area contributed by atoms with E-state index in [9.17, 15) is 14.4 Å². The summed E-state index contributed by atoms with van der Waals surface area (Å²) < 4.78 is 10.7. The van der Waals surface area contributed by atoms with E-state index in [0.717, 1.165) is 0 Å². The summed E-state index contributed by atoms with van der Waals surface area (Å²) in [5.74, 6) is 0.250. The topological polar surface area (TPSA) is 72.9 Å². The Labute approximate surface area is 149 Å². The smallest absolute Gasteiger partial charge is 0.251 e. The zero-order valence-corrected chi connectivity index (χ0v) is 15.3. The lowest BCUT2D eigenvalue weighted by atomic mass is 10.1. The molecule has 0 aliphatic carbocycles. The second-order valence-corrected chi connectivity index (χ2v) is 6.30. The van der Waals surface area contributed by atoms with Crippen LogP contribution in [0.4, 0.5) is 0 Å². The van der Waals surface area contributed by atoms with E-state index >= 15 is 0 Å². The molecule has 25 heavy (non-hydrogen) atoms. The summed E-state index contributed by atoms with van der Waals surface area (Å²) >= 11 is 0. The quantitative estimate of drug-likeness (QED) is 0.449. The molecule has 1 heterocycles. The molecule has 0 fully saturated rings. The molecule has 0 N–H and O–H groups in total. The van der Waals surface area contributed by atoms with Crippen LogP contribution in [-0.2, 0) is 23.9 Å². The van der Waals surface area contributed by atoms with Crippen molar-refractivity contribution in [3.63, 3.8) is 0 Å². The molecule has 0 atom stereocenters. The number of ketones is 2. The Morgan fingerprint density at radius 2 is 1.72 bits per heavy atom. The van der Waals surface area contributed by atoms with Gasteiger partial charge in [0, 0.05) is 50.1 Å². The Bertz CT molecular complexity index is 492. The number of allylic oxidation sites excluding steroid dienone is 1. The van der Waals surface area contributed by atoms with E-state index < -0.39 is 0 Å². The fraction of sp³-hybridized carbons (Fsp3) is 0.632. The normalized spacial score (nSPS) is 14.0. The predicted octanol–water partition coefficient (Wildman–Crippen LogP) is 2.29. The number of Topliss-reactive ketones (excluding diaryl/α,β-unsaturated/α-hetero) is 2. The molecule has 6 nitrogen and oxygen atoms in total. The minimum atomic E-state index is -0.115. The standard InChI is InChI=1S/C19H29NO5/c1-15(2)18(22)9-12-25-14-13-24-11-4-5-17(21)8-10-20-16(3)6-7-19(20)23/h6-7,15H,3-5,8-14H2,1-2H3. The molecule has 1 rings (SSSR count). The van der Waals surface area contributed by atoms with Crippen molar-refractivity contribution in [2.45, 2.75) is 39.5 Å². The highest BCUT2D eigenvalue weighted by Crippen LogP contribution is 2.13. The third-order valence-corrected chi connectivity index (χ3v) is 3.90. The van der Waals surface area contributed by atoms with Gasteiger partial charge in [-0.05, 0) is 12.5 Å². The van der Waals surface area contributed by atoms with Gasteiger partial charge in [-0.25, -0.2) is 0 Å². The molecular formula is C19H29NO5. The number of rotatable bonds is 14. The average Bonchev–Trinajstić information content (AvgIpc) is 2.89. The maximum absolute atomic E-state index is 11.8. The van der Waals surface area contributed by atoms with Gasteiger partial charge in [-0.3, -0.25) is 14.4 Å². The van der Waals surface area contributed by atoms with Gasteiger partial charge in [0.25, 0.3) is 5.91 Å². The second-order valence-electron chi connectivity index (χ2n) is 6.30. The fourth-order valence-corrected chi connectivity index (χ4v) is 2.26. The Kier molecular flexibility index (Phi) is 9.96. The summed E-state index contributed by atoms with van der Waals surface area (Å²) in [6.07, 6.45) is 4.97. The molecule has 0 saturated carbocycles. The van der Waals surface area contributed by atoms with Crippen LogP contribution in [0.2, 0.25) is 0 Å². The minimum absolute atomic E-state index is 0.0512. The van der Waals surface area contributed by atoms with E-state index in [2.05, 4.69) is 6.58 Å². The van der Waals surface area contributed by atoms with E-state index in [0.29, 0.717) is 64.4 Å². The average molecular weight is 351 g/mol. The summed E-state index contributed by atoms with van der Waals surface area (Å²) in [7, 11) is 0. The monoisotopic (exact) mass is 351 g/mol. The van der Waals surface area contributed by atoms with Gasteiger partial charge in [0.15, 0.2) is 0 Å². The molecule has 6 heteroatoms. The van der Waals surface area contributed by atoms with Crippen LogP contribution in [0.25, 0.3) is 0 Å². The number of carbonyl (C=O) groups excluding carboxylic acids is 3. The Morgan fingerprint density at radius 1 is 1.04 bits per heavy atom. The largest absolute Gasteiger partial charge is 0.379 e. The number of ether oxygens (including phenoxy) is 2. The van der Waals surface area contributed by atoms with Gasteiger partial charge >= 0.3 is 0 Å². The molecule has 140 valence electrons. The first kappa shape index (κ1) is 21.3. The summed E-state index contributed by atoms with van der Waals surface area (Å²) in [5, 5.41) is 0. The summed E-state index contributed by atoms with van der Waals surface area (Å²) in [4.78, 5) is 36.2. The van der Waals surface area contributed by atoms with Crippen molar-refractivity contribution in [3.8, 4) is 0 Å². The van der Waals surface area contributed by atoms with Crippen molar-refractivity contribution < 1.29 is 23.9 Å². The van der Waals surface area contributed by atoms with Crippen molar-refractivity contribution in [2.24, 2.45) is 5.92 Å². The molecule has 1 aliphatic heterocycles. The highest BCUT2D eigenvalue weighted by atomic mass is 16.5. The summed E-state index contributed by atoms with van der Waals surface area (Å²) in [6.45, 7) is 9.72. The minimum Gasteiger partial charge on any atom is -0.379 e. The molecule has 1 amide bonds. The summed E-state index contributed by atoms with van der Waals surface area (Å²) in [5.41, 5.74) is 0.635. The number of hydrogen-bond acceptors (Lipinski definition) is 5. The lowest BCUT2D eigenvalue weighted by Crippen LogP contribution is -2.26. The first-order valence-corrected chi connectivity index (χ1v) is 8.80. The molecule has 0 aromatic rings.